The second kappa shape index (κ2) is 4.95. The number of benzene rings is 1. The maximum Gasteiger partial charge on any atom is 0.413 e. The largest absolute Gasteiger partial charge is 0.494 e. The van der Waals surface area contributed by atoms with E-state index in [2.05, 4.69) is 5.32 Å². The van der Waals surface area contributed by atoms with Gasteiger partial charge in [0.05, 0.1) is 12.8 Å². The molecule has 0 spiro atoms. The molecule has 94 valence electrons. The van der Waals surface area contributed by atoms with E-state index in [0.29, 0.717) is 17.2 Å². The molecule has 0 saturated carbocycles. The Labute approximate surface area is 101 Å². The summed E-state index contributed by atoms with van der Waals surface area (Å²) in [6, 6.07) is 4.80. The maximum atomic E-state index is 11.5. The first-order valence-electron chi connectivity index (χ1n) is 5.25. The quantitative estimate of drug-likeness (QED) is 0.774. The lowest BCUT2D eigenvalue weighted by atomic mass is 10.1. The van der Waals surface area contributed by atoms with E-state index >= 15 is 0 Å². The number of rotatable bonds is 2. The molecule has 0 unspecified atom stereocenters. The van der Waals surface area contributed by atoms with Gasteiger partial charge in [0.25, 0.3) is 0 Å². The Morgan fingerprint density at radius 2 is 2.00 bits per heavy atom. The number of anilines is 1. The average Bonchev–Trinajstić information content (AvgIpc) is 2.18. The van der Waals surface area contributed by atoms with Gasteiger partial charge in [-0.05, 0) is 32.9 Å². The number of nitrogen functional groups attached to an aromatic ring is 1. The lowest BCUT2D eigenvalue weighted by Crippen LogP contribution is -2.42. The van der Waals surface area contributed by atoms with Crippen LogP contribution in [0.4, 0.5) is 10.5 Å². The van der Waals surface area contributed by atoms with Crippen LogP contribution in [0.5, 0.6) is 11.5 Å². The highest BCUT2D eigenvalue weighted by molar-refractivity contribution is 5.71. The summed E-state index contributed by atoms with van der Waals surface area (Å²) in [6.07, 6.45) is -0.510. The van der Waals surface area contributed by atoms with E-state index in [1.807, 2.05) is 20.8 Å². The smallest absolute Gasteiger partial charge is 0.413 e. The van der Waals surface area contributed by atoms with Gasteiger partial charge in [-0.2, -0.15) is 0 Å². The van der Waals surface area contributed by atoms with Crippen LogP contribution in [0.25, 0.3) is 0 Å². The van der Waals surface area contributed by atoms with E-state index < -0.39 is 6.09 Å². The number of amides is 1. The van der Waals surface area contributed by atoms with Crippen molar-refractivity contribution in [2.75, 3.05) is 12.8 Å². The fourth-order valence-electron chi connectivity index (χ4n) is 1.19. The predicted octanol–water partition coefficient (Wildman–Crippen LogP) is 2.16. The number of nitrogens with one attached hydrogen (secondary N) is 1. The summed E-state index contributed by atoms with van der Waals surface area (Å²) in [7, 11) is 1.50. The van der Waals surface area contributed by atoms with Crippen LogP contribution in [0.2, 0.25) is 0 Å². The summed E-state index contributed by atoms with van der Waals surface area (Å²) in [5.74, 6) is 0.865. The van der Waals surface area contributed by atoms with Crippen LogP contribution in [-0.4, -0.2) is 18.7 Å². The Morgan fingerprint density at radius 1 is 1.35 bits per heavy atom. The van der Waals surface area contributed by atoms with Crippen LogP contribution in [-0.2, 0) is 0 Å². The summed E-state index contributed by atoms with van der Waals surface area (Å²) < 4.78 is 10.1. The van der Waals surface area contributed by atoms with Gasteiger partial charge in [-0.15, -0.1) is 0 Å². The first-order valence-corrected chi connectivity index (χ1v) is 5.25. The molecule has 0 saturated heterocycles. The van der Waals surface area contributed by atoms with Gasteiger partial charge in [0.15, 0.2) is 0 Å². The zero-order valence-electron chi connectivity index (χ0n) is 10.5. The van der Waals surface area contributed by atoms with Crippen molar-refractivity contribution in [2.24, 2.45) is 0 Å². The Hall–Kier alpha value is -1.91. The molecule has 0 bridgehead atoms. The minimum atomic E-state index is -0.510. The number of nitrogens with two attached hydrogens (primary N) is 1. The van der Waals surface area contributed by atoms with E-state index in [9.17, 15) is 4.79 Å². The van der Waals surface area contributed by atoms with Crippen LogP contribution in [0, 0.1) is 0 Å². The van der Waals surface area contributed by atoms with Crippen molar-refractivity contribution in [3.05, 3.63) is 18.2 Å². The molecule has 1 amide bonds. The fraction of sp³-hybridized carbons (Fsp3) is 0.417. The Bertz CT molecular complexity index is 411. The summed E-state index contributed by atoms with van der Waals surface area (Å²) in [6.45, 7) is 5.62. The van der Waals surface area contributed by atoms with E-state index in [0.717, 1.165) is 0 Å². The van der Waals surface area contributed by atoms with Gasteiger partial charge in [-0.25, -0.2) is 4.79 Å². The third kappa shape index (κ3) is 4.22. The van der Waals surface area contributed by atoms with Crippen molar-refractivity contribution in [2.45, 2.75) is 26.3 Å². The highest BCUT2D eigenvalue weighted by atomic mass is 16.6. The number of carbonyl (C=O) groups excluding carboxylic acids is 1. The first kappa shape index (κ1) is 13.2. The second-order valence-electron chi connectivity index (χ2n) is 4.67. The lowest BCUT2D eigenvalue weighted by molar-refractivity contribution is 0.190. The van der Waals surface area contributed by atoms with E-state index in [4.69, 9.17) is 15.2 Å². The van der Waals surface area contributed by atoms with Gasteiger partial charge in [-0.3, -0.25) is 0 Å². The second-order valence-corrected chi connectivity index (χ2v) is 4.67. The molecular weight excluding hydrogens is 220 g/mol. The van der Waals surface area contributed by atoms with Gasteiger partial charge in [0, 0.05) is 11.6 Å². The Kier molecular flexibility index (Phi) is 3.83. The van der Waals surface area contributed by atoms with E-state index in [1.54, 1.807) is 18.2 Å². The molecular formula is C12H18N2O3. The van der Waals surface area contributed by atoms with Gasteiger partial charge in [0.2, 0.25) is 0 Å². The van der Waals surface area contributed by atoms with Gasteiger partial charge in [-0.1, -0.05) is 0 Å². The molecule has 0 atom stereocenters. The minimum absolute atomic E-state index is 0.338. The van der Waals surface area contributed by atoms with Crippen molar-refractivity contribution in [3.8, 4) is 11.5 Å². The molecule has 3 N–H and O–H groups in total. The zero-order valence-corrected chi connectivity index (χ0v) is 10.5. The third-order valence-electron chi connectivity index (χ3n) is 1.89. The molecule has 0 aliphatic rings. The highest BCUT2D eigenvalue weighted by Crippen LogP contribution is 2.26. The molecule has 1 aromatic rings. The molecule has 0 fully saturated rings. The van der Waals surface area contributed by atoms with Crippen molar-refractivity contribution >= 4 is 11.8 Å². The van der Waals surface area contributed by atoms with Gasteiger partial charge < -0.3 is 20.5 Å². The Morgan fingerprint density at radius 3 is 2.53 bits per heavy atom. The minimum Gasteiger partial charge on any atom is -0.494 e. The molecule has 1 aromatic carbocycles. The SMILES string of the molecule is COc1cc(OC(=O)NC(C)(C)C)ccc1N. The summed E-state index contributed by atoms with van der Waals surface area (Å²) in [4.78, 5) is 11.5. The van der Waals surface area contributed by atoms with Crippen LogP contribution < -0.4 is 20.5 Å². The number of hydrogen-bond acceptors (Lipinski definition) is 4. The topological polar surface area (TPSA) is 73.6 Å². The first-order chi connectivity index (χ1) is 7.81. The Balaban J connectivity index is 2.72. The molecule has 0 heterocycles. The number of methoxy groups -OCH3 is 1. The number of carbonyl (C=O) groups is 1. The fourth-order valence-corrected chi connectivity index (χ4v) is 1.19. The van der Waals surface area contributed by atoms with Crippen LogP contribution >= 0.6 is 0 Å². The average molecular weight is 238 g/mol. The molecule has 0 radical (unpaired) electrons. The van der Waals surface area contributed by atoms with E-state index in [-0.39, 0.29) is 5.54 Å². The molecule has 0 aliphatic heterocycles. The van der Waals surface area contributed by atoms with Crippen molar-refractivity contribution in [1.82, 2.24) is 5.32 Å². The van der Waals surface area contributed by atoms with Crippen LogP contribution in [0.15, 0.2) is 18.2 Å². The number of ether oxygens (including phenoxy) is 2. The monoisotopic (exact) mass is 238 g/mol. The lowest BCUT2D eigenvalue weighted by Gasteiger charge is -2.20. The van der Waals surface area contributed by atoms with E-state index in [1.165, 1.54) is 7.11 Å². The van der Waals surface area contributed by atoms with Crippen molar-refractivity contribution < 1.29 is 14.3 Å². The summed E-state index contributed by atoms with van der Waals surface area (Å²) >= 11 is 0. The third-order valence-corrected chi connectivity index (χ3v) is 1.89. The molecule has 5 heteroatoms. The molecule has 5 nitrogen and oxygen atoms in total. The van der Waals surface area contributed by atoms with Gasteiger partial charge in [0.1, 0.15) is 11.5 Å². The zero-order chi connectivity index (χ0) is 13.1. The molecule has 0 aliphatic carbocycles. The standard InChI is InChI=1S/C12H18N2O3/c1-12(2,3)14-11(15)17-8-5-6-9(13)10(7-8)16-4/h5-7H,13H2,1-4H3,(H,14,15). The molecule has 1 rings (SSSR count). The summed E-state index contributed by atoms with van der Waals surface area (Å²) in [5, 5.41) is 2.69. The number of hydrogen-bond donors (Lipinski definition) is 2. The molecule has 0 aromatic heterocycles. The maximum absolute atomic E-state index is 11.5. The van der Waals surface area contributed by atoms with Crippen molar-refractivity contribution in [3.63, 3.8) is 0 Å². The molecule has 17 heavy (non-hydrogen) atoms. The highest BCUT2D eigenvalue weighted by Gasteiger charge is 2.15. The normalized spacial score (nSPS) is 10.8. The summed E-state index contributed by atoms with van der Waals surface area (Å²) in [5.41, 5.74) is 5.81. The van der Waals surface area contributed by atoms with Gasteiger partial charge >= 0.3 is 6.09 Å². The van der Waals surface area contributed by atoms with Crippen molar-refractivity contribution in [1.29, 1.82) is 0 Å². The van der Waals surface area contributed by atoms with Crippen LogP contribution in [0.1, 0.15) is 20.8 Å². The van der Waals surface area contributed by atoms with Crippen LogP contribution in [0.3, 0.4) is 0 Å². The predicted molar refractivity (Wildman–Crippen MR) is 66.3 cm³/mol.